The number of para-hydroxylation sites is 2. The summed E-state index contributed by atoms with van der Waals surface area (Å²) in [7, 11) is 1.64. The number of imidazole rings is 1. The summed E-state index contributed by atoms with van der Waals surface area (Å²) in [6.07, 6.45) is 3.80. The molecule has 0 radical (unpaired) electrons. The molecule has 2 aromatic rings. The van der Waals surface area contributed by atoms with Gasteiger partial charge in [-0.2, -0.15) is 0 Å². The molecule has 0 saturated carbocycles. The van der Waals surface area contributed by atoms with E-state index in [0.29, 0.717) is 6.61 Å². The quantitative estimate of drug-likeness (QED) is 0.836. The maximum atomic E-state index is 12.5. The van der Waals surface area contributed by atoms with Crippen LogP contribution in [-0.2, 0) is 22.6 Å². The Bertz CT molecular complexity index is 707. The molecule has 1 aliphatic heterocycles. The van der Waals surface area contributed by atoms with E-state index < -0.39 is 0 Å². The van der Waals surface area contributed by atoms with Gasteiger partial charge < -0.3 is 14.6 Å². The number of likely N-dealkylation sites (tertiary alicyclic amines) is 1. The number of nitrogens with zero attached hydrogens (tertiary/aromatic N) is 3. The molecule has 1 unspecified atom stereocenters. The van der Waals surface area contributed by atoms with Crippen molar-refractivity contribution in [2.24, 2.45) is 0 Å². The van der Waals surface area contributed by atoms with Crippen molar-refractivity contribution < 1.29 is 9.53 Å². The van der Waals surface area contributed by atoms with Crippen LogP contribution in [0.3, 0.4) is 0 Å². The van der Waals surface area contributed by atoms with Crippen LogP contribution in [-0.4, -0.2) is 53.2 Å². The van der Waals surface area contributed by atoms with Crippen LogP contribution < -0.4 is 5.32 Å². The summed E-state index contributed by atoms with van der Waals surface area (Å²) in [5.41, 5.74) is 1.97. The van der Waals surface area contributed by atoms with Crippen LogP contribution in [0.25, 0.3) is 11.0 Å². The van der Waals surface area contributed by atoms with E-state index in [4.69, 9.17) is 9.72 Å². The molecule has 6 heteroatoms. The summed E-state index contributed by atoms with van der Waals surface area (Å²) >= 11 is 0. The number of carbonyl (C=O) groups is 1. The first kappa shape index (κ1) is 17.9. The van der Waals surface area contributed by atoms with E-state index >= 15 is 0 Å². The minimum absolute atomic E-state index is 0.00201. The molecule has 1 aromatic carbocycles. The summed E-state index contributed by atoms with van der Waals surface area (Å²) < 4.78 is 7.15. The maximum Gasteiger partial charge on any atom is 0.240 e. The number of carbonyl (C=O) groups excluding carboxylic acids is 1. The van der Waals surface area contributed by atoms with Crippen LogP contribution in [0.1, 0.15) is 32.0 Å². The molecule has 1 amide bonds. The third kappa shape index (κ3) is 4.58. The molecule has 3 rings (SSSR count). The van der Waals surface area contributed by atoms with Crippen molar-refractivity contribution >= 4 is 16.9 Å². The first-order valence-electron chi connectivity index (χ1n) is 9.12. The van der Waals surface area contributed by atoms with Crippen molar-refractivity contribution in [3.8, 4) is 0 Å². The molecule has 25 heavy (non-hydrogen) atoms. The Labute approximate surface area is 149 Å². The van der Waals surface area contributed by atoms with E-state index in [9.17, 15) is 4.79 Å². The SMILES string of the molecule is COCC(C)NC(=O)Cn1c(CN2CCCCC2)nc2ccccc21. The zero-order chi connectivity index (χ0) is 17.6. The van der Waals surface area contributed by atoms with Crippen molar-refractivity contribution in [2.75, 3.05) is 26.8 Å². The van der Waals surface area contributed by atoms with Gasteiger partial charge in [0, 0.05) is 13.2 Å². The number of rotatable bonds is 7. The first-order valence-corrected chi connectivity index (χ1v) is 9.12. The molecule has 0 bridgehead atoms. The molecule has 1 fully saturated rings. The van der Waals surface area contributed by atoms with Gasteiger partial charge in [0.1, 0.15) is 12.4 Å². The van der Waals surface area contributed by atoms with Crippen molar-refractivity contribution in [3.05, 3.63) is 30.1 Å². The van der Waals surface area contributed by atoms with Gasteiger partial charge in [0.15, 0.2) is 0 Å². The average molecular weight is 344 g/mol. The van der Waals surface area contributed by atoms with Gasteiger partial charge in [0.25, 0.3) is 0 Å². The van der Waals surface area contributed by atoms with Crippen molar-refractivity contribution in [3.63, 3.8) is 0 Å². The Morgan fingerprint density at radius 1 is 1.28 bits per heavy atom. The lowest BCUT2D eigenvalue weighted by atomic mass is 10.1. The Morgan fingerprint density at radius 3 is 2.80 bits per heavy atom. The number of ether oxygens (including phenoxy) is 1. The van der Waals surface area contributed by atoms with Crippen molar-refractivity contribution in [1.82, 2.24) is 19.8 Å². The number of piperidine rings is 1. The summed E-state index contributed by atoms with van der Waals surface area (Å²) in [4.78, 5) is 19.7. The highest BCUT2D eigenvalue weighted by Crippen LogP contribution is 2.19. The molecule has 0 spiro atoms. The Hall–Kier alpha value is -1.92. The number of benzene rings is 1. The average Bonchev–Trinajstić information content (AvgIpc) is 2.93. The van der Waals surface area contributed by atoms with Crippen molar-refractivity contribution in [2.45, 2.75) is 45.3 Å². The lowest BCUT2D eigenvalue weighted by Gasteiger charge is -2.26. The summed E-state index contributed by atoms with van der Waals surface area (Å²) in [5, 5.41) is 2.99. The van der Waals surface area contributed by atoms with Gasteiger partial charge in [-0.15, -0.1) is 0 Å². The number of methoxy groups -OCH3 is 1. The molecule has 6 nitrogen and oxygen atoms in total. The predicted molar refractivity (Wildman–Crippen MR) is 98.3 cm³/mol. The number of aromatic nitrogens is 2. The fourth-order valence-corrected chi connectivity index (χ4v) is 3.50. The van der Waals surface area contributed by atoms with E-state index in [0.717, 1.165) is 36.5 Å². The standard InChI is InChI=1S/C19H28N4O2/c1-15(14-25-2)20-19(24)13-23-17-9-5-4-8-16(17)21-18(23)12-22-10-6-3-7-11-22/h4-5,8-9,15H,3,6-7,10-14H2,1-2H3,(H,20,24). The van der Waals surface area contributed by atoms with Crippen LogP contribution in [0.15, 0.2) is 24.3 Å². The predicted octanol–water partition coefficient (Wildman–Crippen LogP) is 2.17. The fraction of sp³-hybridized carbons (Fsp3) is 0.579. The van der Waals surface area contributed by atoms with E-state index in [-0.39, 0.29) is 18.5 Å². The molecular formula is C19H28N4O2. The molecule has 1 aliphatic rings. The second-order valence-electron chi connectivity index (χ2n) is 6.86. The molecule has 1 N–H and O–H groups in total. The van der Waals surface area contributed by atoms with Gasteiger partial charge in [-0.05, 0) is 45.0 Å². The second kappa shape index (κ2) is 8.45. The van der Waals surface area contributed by atoms with E-state index in [2.05, 4.69) is 14.8 Å². The van der Waals surface area contributed by atoms with E-state index in [1.807, 2.05) is 31.2 Å². The molecular weight excluding hydrogens is 316 g/mol. The third-order valence-electron chi connectivity index (χ3n) is 4.67. The maximum absolute atomic E-state index is 12.5. The minimum Gasteiger partial charge on any atom is -0.383 e. The van der Waals surface area contributed by atoms with Crippen LogP contribution in [0.5, 0.6) is 0 Å². The number of hydrogen-bond acceptors (Lipinski definition) is 4. The topological polar surface area (TPSA) is 59.4 Å². The van der Waals surface area contributed by atoms with Crippen LogP contribution in [0, 0.1) is 0 Å². The van der Waals surface area contributed by atoms with Gasteiger partial charge in [-0.1, -0.05) is 18.6 Å². The Morgan fingerprint density at radius 2 is 2.04 bits per heavy atom. The van der Waals surface area contributed by atoms with Gasteiger partial charge in [-0.3, -0.25) is 9.69 Å². The summed E-state index contributed by atoms with van der Waals surface area (Å²) in [6, 6.07) is 8.03. The molecule has 2 heterocycles. The van der Waals surface area contributed by atoms with E-state index in [1.54, 1.807) is 7.11 Å². The molecule has 0 aliphatic carbocycles. The van der Waals surface area contributed by atoms with Crippen LogP contribution in [0.4, 0.5) is 0 Å². The lowest BCUT2D eigenvalue weighted by molar-refractivity contribution is -0.122. The third-order valence-corrected chi connectivity index (χ3v) is 4.67. The lowest BCUT2D eigenvalue weighted by Crippen LogP contribution is -2.38. The minimum atomic E-state index is -0.00685. The zero-order valence-electron chi connectivity index (χ0n) is 15.2. The Kier molecular flexibility index (Phi) is 6.04. The highest BCUT2D eigenvalue weighted by molar-refractivity contribution is 5.81. The number of fused-ring (bicyclic) bond motifs is 1. The number of amides is 1. The zero-order valence-corrected chi connectivity index (χ0v) is 15.2. The second-order valence-corrected chi connectivity index (χ2v) is 6.86. The highest BCUT2D eigenvalue weighted by atomic mass is 16.5. The largest absolute Gasteiger partial charge is 0.383 e. The van der Waals surface area contributed by atoms with Gasteiger partial charge >= 0.3 is 0 Å². The number of nitrogens with one attached hydrogen (secondary N) is 1. The normalized spacial score (nSPS) is 16.9. The molecule has 1 atom stereocenters. The molecule has 136 valence electrons. The van der Waals surface area contributed by atoms with Crippen molar-refractivity contribution in [1.29, 1.82) is 0 Å². The Balaban J connectivity index is 1.79. The first-order chi connectivity index (χ1) is 12.2. The molecule has 1 saturated heterocycles. The monoisotopic (exact) mass is 344 g/mol. The summed E-state index contributed by atoms with van der Waals surface area (Å²) in [6.45, 7) is 5.77. The highest BCUT2D eigenvalue weighted by Gasteiger charge is 2.18. The van der Waals surface area contributed by atoms with E-state index in [1.165, 1.54) is 19.3 Å². The van der Waals surface area contributed by atoms with Gasteiger partial charge in [-0.25, -0.2) is 4.98 Å². The molecule has 1 aromatic heterocycles. The van der Waals surface area contributed by atoms with Gasteiger partial charge in [0.2, 0.25) is 5.91 Å². The van der Waals surface area contributed by atoms with Gasteiger partial charge in [0.05, 0.1) is 24.2 Å². The number of hydrogen-bond donors (Lipinski definition) is 1. The van der Waals surface area contributed by atoms with Crippen LogP contribution >= 0.6 is 0 Å². The van der Waals surface area contributed by atoms with Crippen LogP contribution in [0.2, 0.25) is 0 Å². The summed E-state index contributed by atoms with van der Waals surface area (Å²) in [5.74, 6) is 0.963. The fourth-order valence-electron chi connectivity index (χ4n) is 3.50. The smallest absolute Gasteiger partial charge is 0.240 e.